The number of aryl methyl sites for hydroxylation is 1. The fourth-order valence-electron chi connectivity index (χ4n) is 4.55. The zero-order valence-electron chi connectivity index (χ0n) is 16.5. The van der Waals surface area contributed by atoms with Gasteiger partial charge in [0.1, 0.15) is 0 Å². The molecule has 1 aromatic heterocycles. The molecule has 0 saturated carbocycles. The molecular weight excluding hydrogens is 354 g/mol. The third kappa shape index (κ3) is 4.01. The Morgan fingerprint density at radius 1 is 0.889 bits per heavy atom. The Morgan fingerprint density at radius 2 is 1.52 bits per heavy atom. The van der Waals surface area contributed by atoms with E-state index in [4.69, 9.17) is 0 Å². The normalized spacial score (nSPS) is 20.8. The maximum absolute atomic E-state index is 3.71. The van der Waals surface area contributed by atoms with Gasteiger partial charge in [-0.1, -0.05) is 50.2 Å². The van der Waals surface area contributed by atoms with Crippen molar-refractivity contribution in [2.24, 2.45) is 0 Å². The smallest absolute Gasteiger partial charge is 0.0491 e. The standard InChI is InChI=1S/C23H31N3.ClH/c1-3-18-17-25(19(4-2)16-24-18)14-9-15-26-22-12-7-5-10-20(22)21-11-6-8-13-23(21)26;/h5-8,10-13,18-19,24H,3-4,9,14-17H2,1-2H3;1H/t18-,19-;/m0./s1. The highest BCUT2D eigenvalue weighted by Gasteiger charge is 2.25. The number of piperazine rings is 1. The molecule has 146 valence electrons. The Balaban J connectivity index is 0.00000210. The summed E-state index contributed by atoms with van der Waals surface area (Å²) < 4.78 is 2.52. The molecule has 2 heterocycles. The number of halogens is 1. The first kappa shape index (κ1) is 20.2. The molecule has 0 spiro atoms. The molecule has 0 unspecified atom stereocenters. The summed E-state index contributed by atoms with van der Waals surface area (Å²) in [5.41, 5.74) is 2.74. The maximum Gasteiger partial charge on any atom is 0.0491 e. The summed E-state index contributed by atoms with van der Waals surface area (Å²) in [4.78, 5) is 2.72. The number of benzene rings is 2. The van der Waals surface area contributed by atoms with Crippen molar-refractivity contribution in [2.45, 2.75) is 51.7 Å². The van der Waals surface area contributed by atoms with Crippen LogP contribution >= 0.6 is 12.4 Å². The van der Waals surface area contributed by atoms with Crippen LogP contribution < -0.4 is 5.32 Å². The van der Waals surface area contributed by atoms with Gasteiger partial charge in [-0.2, -0.15) is 0 Å². The van der Waals surface area contributed by atoms with Gasteiger partial charge in [0, 0.05) is 60.1 Å². The fourth-order valence-corrected chi connectivity index (χ4v) is 4.55. The van der Waals surface area contributed by atoms with E-state index in [0.717, 1.165) is 13.1 Å². The van der Waals surface area contributed by atoms with Crippen molar-refractivity contribution in [1.82, 2.24) is 14.8 Å². The van der Waals surface area contributed by atoms with E-state index >= 15 is 0 Å². The lowest BCUT2D eigenvalue weighted by atomic mass is 10.0. The molecule has 0 aliphatic carbocycles. The summed E-state index contributed by atoms with van der Waals surface area (Å²) in [6, 6.07) is 19.0. The molecule has 27 heavy (non-hydrogen) atoms. The number of nitrogens with zero attached hydrogens (tertiary/aromatic N) is 2. The Hall–Kier alpha value is -1.55. The van der Waals surface area contributed by atoms with Crippen LogP contribution in [-0.4, -0.2) is 41.2 Å². The molecule has 1 aliphatic heterocycles. The van der Waals surface area contributed by atoms with Crippen molar-refractivity contribution in [2.75, 3.05) is 19.6 Å². The van der Waals surface area contributed by atoms with Crippen molar-refractivity contribution in [1.29, 1.82) is 0 Å². The second-order valence-electron chi connectivity index (χ2n) is 7.61. The van der Waals surface area contributed by atoms with Crippen molar-refractivity contribution in [3.8, 4) is 0 Å². The maximum atomic E-state index is 3.71. The molecular formula is C23H32ClN3. The summed E-state index contributed by atoms with van der Waals surface area (Å²) in [6.45, 7) is 9.23. The summed E-state index contributed by atoms with van der Waals surface area (Å²) in [5, 5.41) is 6.46. The van der Waals surface area contributed by atoms with Crippen molar-refractivity contribution >= 4 is 34.2 Å². The fraction of sp³-hybridized carbons (Fsp3) is 0.478. The van der Waals surface area contributed by atoms with E-state index in [1.54, 1.807) is 0 Å². The first-order valence-corrected chi connectivity index (χ1v) is 10.2. The second kappa shape index (κ2) is 9.09. The quantitative estimate of drug-likeness (QED) is 0.639. The molecule has 1 saturated heterocycles. The van der Waals surface area contributed by atoms with E-state index in [2.05, 4.69) is 77.2 Å². The molecule has 0 radical (unpaired) electrons. The third-order valence-electron chi connectivity index (χ3n) is 6.08. The minimum absolute atomic E-state index is 0. The molecule has 0 bridgehead atoms. The number of aromatic nitrogens is 1. The minimum Gasteiger partial charge on any atom is -0.340 e. The summed E-state index contributed by atoms with van der Waals surface area (Å²) in [6.07, 6.45) is 3.66. The molecule has 4 heteroatoms. The van der Waals surface area contributed by atoms with E-state index in [9.17, 15) is 0 Å². The predicted molar refractivity (Wildman–Crippen MR) is 119 cm³/mol. The van der Waals surface area contributed by atoms with Crippen LogP contribution in [0.3, 0.4) is 0 Å². The van der Waals surface area contributed by atoms with Gasteiger partial charge < -0.3 is 9.88 Å². The number of hydrogen-bond donors (Lipinski definition) is 1. The number of rotatable bonds is 6. The minimum atomic E-state index is 0. The van der Waals surface area contributed by atoms with Gasteiger partial charge in [0.2, 0.25) is 0 Å². The van der Waals surface area contributed by atoms with Crippen LogP contribution in [0.25, 0.3) is 21.8 Å². The Morgan fingerprint density at radius 3 is 2.11 bits per heavy atom. The lowest BCUT2D eigenvalue weighted by molar-refractivity contribution is 0.122. The van der Waals surface area contributed by atoms with Gasteiger partial charge in [0.15, 0.2) is 0 Å². The van der Waals surface area contributed by atoms with E-state index in [1.165, 1.54) is 54.2 Å². The molecule has 4 rings (SSSR count). The van der Waals surface area contributed by atoms with Gasteiger partial charge in [-0.05, 0) is 31.4 Å². The van der Waals surface area contributed by atoms with Gasteiger partial charge >= 0.3 is 0 Å². The lowest BCUT2D eigenvalue weighted by Crippen LogP contribution is -2.56. The zero-order valence-corrected chi connectivity index (χ0v) is 17.3. The summed E-state index contributed by atoms with van der Waals surface area (Å²) in [5.74, 6) is 0. The molecule has 2 aromatic carbocycles. The molecule has 0 amide bonds. The largest absolute Gasteiger partial charge is 0.340 e. The van der Waals surface area contributed by atoms with Crippen molar-refractivity contribution in [3.63, 3.8) is 0 Å². The highest BCUT2D eigenvalue weighted by Crippen LogP contribution is 2.29. The SMILES string of the molecule is CC[C@H]1CN(CCCn2c3ccccc3c3ccccc32)[C@@H](CC)CN1.Cl. The van der Waals surface area contributed by atoms with E-state index in [0.29, 0.717) is 12.1 Å². The molecule has 1 aliphatic rings. The molecule has 2 atom stereocenters. The highest BCUT2D eigenvalue weighted by atomic mass is 35.5. The van der Waals surface area contributed by atoms with Crippen LogP contribution in [-0.2, 0) is 6.54 Å². The average Bonchev–Trinajstić information content (AvgIpc) is 3.02. The van der Waals surface area contributed by atoms with E-state index in [1.807, 2.05) is 0 Å². The second-order valence-corrected chi connectivity index (χ2v) is 7.61. The third-order valence-corrected chi connectivity index (χ3v) is 6.08. The topological polar surface area (TPSA) is 20.2 Å². The summed E-state index contributed by atoms with van der Waals surface area (Å²) >= 11 is 0. The molecule has 1 fully saturated rings. The average molecular weight is 386 g/mol. The van der Waals surface area contributed by atoms with Crippen LogP contribution in [0.4, 0.5) is 0 Å². The van der Waals surface area contributed by atoms with E-state index in [-0.39, 0.29) is 12.4 Å². The predicted octanol–water partition coefficient (Wildman–Crippen LogP) is 5.07. The van der Waals surface area contributed by atoms with Gasteiger partial charge in [0.05, 0.1) is 0 Å². The number of nitrogens with one attached hydrogen (secondary N) is 1. The first-order valence-electron chi connectivity index (χ1n) is 10.2. The zero-order chi connectivity index (χ0) is 17.9. The Kier molecular flexibility index (Phi) is 6.80. The molecule has 3 nitrogen and oxygen atoms in total. The lowest BCUT2D eigenvalue weighted by Gasteiger charge is -2.40. The van der Waals surface area contributed by atoms with Crippen LogP contribution in [0, 0.1) is 0 Å². The van der Waals surface area contributed by atoms with Crippen LogP contribution in [0.2, 0.25) is 0 Å². The highest BCUT2D eigenvalue weighted by molar-refractivity contribution is 6.07. The monoisotopic (exact) mass is 385 g/mol. The Bertz CT molecular complexity index is 819. The van der Waals surface area contributed by atoms with E-state index < -0.39 is 0 Å². The van der Waals surface area contributed by atoms with Crippen molar-refractivity contribution in [3.05, 3.63) is 48.5 Å². The van der Waals surface area contributed by atoms with Crippen LogP contribution in [0.15, 0.2) is 48.5 Å². The van der Waals surface area contributed by atoms with Gasteiger partial charge in [-0.25, -0.2) is 0 Å². The molecule has 1 N–H and O–H groups in total. The van der Waals surface area contributed by atoms with Crippen molar-refractivity contribution < 1.29 is 0 Å². The van der Waals surface area contributed by atoms with Crippen LogP contribution in [0.5, 0.6) is 0 Å². The number of fused-ring (bicyclic) bond motifs is 3. The van der Waals surface area contributed by atoms with Gasteiger partial charge in [-0.3, -0.25) is 4.90 Å². The first-order chi connectivity index (χ1) is 12.8. The number of hydrogen-bond acceptors (Lipinski definition) is 2. The Labute approximate surface area is 169 Å². The molecule has 3 aromatic rings. The number of para-hydroxylation sites is 2. The summed E-state index contributed by atoms with van der Waals surface area (Å²) in [7, 11) is 0. The van der Waals surface area contributed by atoms with Gasteiger partial charge in [0.25, 0.3) is 0 Å². The van der Waals surface area contributed by atoms with Crippen LogP contribution in [0.1, 0.15) is 33.1 Å². The van der Waals surface area contributed by atoms with Gasteiger partial charge in [-0.15, -0.1) is 12.4 Å².